The third-order valence-corrected chi connectivity index (χ3v) is 6.70. The molecule has 2 aromatic carbocycles. The van der Waals surface area contributed by atoms with Crippen molar-refractivity contribution in [3.05, 3.63) is 71.1 Å². The van der Waals surface area contributed by atoms with E-state index in [-0.39, 0.29) is 5.91 Å². The van der Waals surface area contributed by atoms with E-state index in [9.17, 15) is 9.36 Å². The third kappa shape index (κ3) is 6.29. The van der Waals surface area contributed by atoms with E-state index in [4.69, 9.17) is 5.73 Å². The highest BCUT2D eigenvalue weighted by Gasteiger charge is 2.10. The van der Waals surface area contributed by atoms with E-state index >= 15 is 0 Å². The first kappa shape index (κ1) is 21.3. The lowest BCUT2D eigenvalue weighted by molar-refractivity contribution is 0.102. The molecule has 0 saturated carbocycles. The summed E-state index contributed by atoms with van der Waals surface area (Å²) in [4.78, 5) is 13.8. The van der Waals surface area contributed by atoms with Crippen LogP contribution in [0.5, 0.6) is 0 Å². The van der Waals surface area contributed by atoms with Gasteiger partial charge in [-0.2, -0.15) is 0 Å². The molecule has 4 N–H and O–H groups in total. The van der Waals surface area contributed by atoms with Crippen molar-refractivity contribution >= 4 is 35.8 Å². The second kappa shape index (κ2) is 9.40. The Labute approximate surface area is 175 Å². The highest BCUT2D eigenvalue weighted by molar-refractivity contribution is 7.62. The van der Waals surface area contributed by atoms with E-state index in [1.54, 1.807) is 36.8 Å². The van der Waals surface area contributed by atoms with E-state index < -0.39 is 7.14 Å². The summed E-state index contributed by atoms with van der Waals surface area (Å²) in [5.74, 6) is -0.197. The molecule has 5 nitrogen and oxygen atoms in total. The number of nitrogen functional groups attached to an aromatic ring is 1. The van der Waals surface area contributed by atoms with Crippen LogP contribution >= 0.6 is 18.5 Å². The van der Waals surface area contributed by atoms with Gasteiger partial charge in [-0.05, 0) is 60.2 Å². The van der Waals surface area contributed by atoms with Crippen molar-refractivity contribution in [3.8, 4) is 10.4 Å². The number of nitrogens with two attached hydrogens (primary N) is 1. The number of benzene rings is 2. The number of carbonyl (C=O) groups is 1. The average molecular weight is 428 g/mol. The maximum atomic E-state index is 12.6. The molecule has 3 aromatic rings. The number of anilines is 2. The van der Waals surface area contributed by atoms with Gasteiger partial charge in [0.2, 0.25) is 0 Å². The van der Waals surface area contributed by atoms with Gasteiger partial charge in [0.1, 0.15) is 0 Å². The number of hydrogen-bond donors (Lipinski definition) is 3. The molecule has 0 radical (unpaired) electrons. The summed E-state index contributed by atoms with van der Waals surface area (Å²) in [5.41, 5.74) is 9.86. The molecule has 7 heteroatoms. The summed E-state index contributed by atoms with van der Waals surface area (Å²) >= 11 is 1.64. The van der Waals surface area contributed by atoms with Gasteiger partial charge in [-0.25, -0.2) is 0 Å². The van der Waals surface area contributed by atoms with Gasteiger partial charge in [0.05, 0.1) is 18.5 Å². The Morgan fingerprint density at radius 2 is 1.86 bits per heavy atom. The molecule has 0 aliphatic heterocycles. The van der Waals surface area contributed by atoms with Crippen LogP contribution in [0.25, 0.3) is 10.4 Å². The molecule has 1 aromatic heterocycles. The third-order valence-electron chi connectivity index (χ3n) is 4.48. The van der Waals surface area contributed by atoms with Crippen molar-refractivity contribution in [1.29, 1.82) is 0 Å². The molecule has 1 heterocycles. The molecule has 1 amide bonds. The predicted octanol–water partition coefficient (Wildman–Crippen LogP) is 4.96. The van der Waals surface area contributed by atoms with Crippen molar-refractivity contribution in [2.75, 3.05) is 37.1 Å². The van der Waals surface area contributed by atoms with Crippen LogP contribution in [0.4, 0.5) is 11.4 Å². The molecule has 0 aliphatic rings. The van der Waals surface area contributed by atoms with E-state index in [1.165, 1.54) is 0 Å². The van der Waals surface area contributed by atoms with Gasteiger partial charge in [0, 0.05) is 29.7 Å². The number of hydrogen-bond acceptors (Lipinski definition) is 5. The summed E-state index contributed by atoms with van der Waals surface area (Å²) in [7, 11) is -1.99. The lowest BCUT2D eigenvalue weighted by Gasteiger charge is -2.11. The SMILES string of the molecule is CP(C)(=O)CCNCc1ccc(C(=O)Nc2cc(-c3cccs3)ccc2N)cc1. The Bertz CT molecular complexity index is 1010. The van der Waals surface area contributed by atoms with Crippen LogP contribution < -0.4 is 16.4 Å². The zero-order chi connectivity index (χ0) is 20.9. The zero-order valence-corrected chi connectivity index (χ0v) is 18.4. The Hall–Kier alpha value is -2.40. The van der Waals surface area contributed by atoms with Crippen molar-refractivity contribution in [1.82, 2.24) is 5.32 Å². The summed E-state index contributed by atoms with van der Waals surface area (Å²) in [6, 6.07) is 17.1. The van der Waals surface area contributed by atoms with E-state index in [1.807, 2.05) is 47.8 Å². The van der Waals surface area contributed by atoms with Gasteiger partial charge in [0.25, 0.3) is 5.91 Å². The topological polar surface area (TPSA) is 84.2 Å². The Balaban J connectivity index is 1.61. The lowest BCUT2D eigenvalue weighted by atomic mass is 10.1. The van der Waals surface area contributed by atoms with Gasteiger partial charge >= 0.3 is 0 Å². The highest BCUT2D eigenvalue weighted by atomic mass is 32.1. The maximum absolute atomic E-state index is 12.6. The fourth-order valence-corrected chi connectivity index (χ4v) is 4.23. The van der Waals surface area contributed by atoms with Gasteiger partial charge in [-0.3, -0.25) is 4.79 Å². The van der Waals surface area contributed by atoms with Crippen LogP contribution in [0.15, 0.2) is 60.0 Å². The molecule has 0 saturated heterocycles. The largest absolute Gasteiger partial charge is 0.397 e. The Morgan fingerprint density at radius 3 is 2.52 bits per heavy atom. The minimum Gasteiger partial charge on any atom is -0.397 e. The predicted molar refractivity (Wildman–Crippen MR) is 125 cm³/mol. The molecule has 0 unspecified atom stereocenters. The molecule has 0 fully saturated rings. The second-order valence-corrected chi connectivity index (χ2v) is 11.9. The standard InChI is InChI=1S/C22H26N3O2PS/c1-28(2,27)12-11-24-15-16-5-7-17(8-6-16)22(26)25-20-14-18(9-10-19(20)23)21-4-3-13-29-21/h3-10,13-14,24H,11-12,15,23H2,1-2H3,(H,25,26). The Morgan fingerprint density at radius 1 is 1.10 bits per heavy atom. The molecule has 29 heavy (non-hydrogen) atoms. The second-order valence-electron chi connectivity index (χ2n) is 7.40. The molecule has 3 rings (SSSR count). The zero-order valence-electron chi connectivity index (χ0n) is 16.6. The molecule has 152 valence electrons. The molecular weight excluding hydrogens is 401 g/mol. The number of thiophene rings is 1. The molecule has 0 aliphatic carbocycles. The first-order chi connectivity index (χ1) is 13.8. The maximum Gasteiger partial charge on any atom is 0.255 e. The minimum absolute atomic E-state index is 0.197. The van der Waals surface area contributed by atoms with Crippen LogP contribution in [0.1, 0.15) is 15.9 Å². The smallest absolute Gasteiger partial charge is 0.255 e. The quantitative estimate of drug-likeness (QED) is 0.269. The van der Waals surface area contributed by atoms with Crippen LogP contribution in [-0.4, -0.2) is 31.9 Å². The fourth-order valence-electron chi connectivity index (χ4n) is 2.81. The van der Waals surface area contributed by atoms with Gasteiger partial charge in [-0.15, -0.1) is 11.3 Å². The first-order valence-electron chi connectivity index (χ1n) is 9.40. The van der Waals surface area contributed by atoms with Crippen molar-refractivity contribution in [2.45, 2.75) is 6.54 Å². The molecule has 0 atom stereocenters. The number of rotatable bonds is 8. The summed E-state index contributed by atoms with van der Waals surface area (Å²) < 4.78 is 11.7. The summed E-state index contributed by atoms with van der Waals surface area (Å²) in [6.07, 6.45) is 0.680. The molecule has 0 bridgehead atoms. The van der Waals surface area contributed by atoms with Crippen LogP contribution in [-0.2, 0) is 11.1 Å². The van der Waals surface area contributed by atoms with Crippen LogP contribution in [0.2, 0.25) is 0 Å². The van der Waals surface area contributed by atoms with Crippen LogP contribution in [0, 0.1) is 0 Å². The highest BCUT2D eigenvalue weighted by Crippen LogP contribution is 2.34. The van der Waals surface area contributed by atoms with Crippen molar-refractivity contribution in [3.63, 3.8) is 0 Å². The van der Waals surface area contributed by atoms with Crippen molar-refractivity contribution < 1.29 is 9.36 Å². The number of carbonyl (C=O) groups excluding carboxylic acids is 1. The van der Waals surface area contributed by atoms with Gasteiger partial charge < -0.3 is 20.9 Å². The van der Waals surface area contributed by atoms with Gasteiger partial charge in [0.15, 0.2) is 0 Å². The first-order valence-corrected chi connectivity index (χ1v) is 13.1. The summed E-state index contributed by atoms with van der Waals surface area (Å²) in [5, 5.41) is 8.21. The fraction of sp³-hybridized carbons (Fsp3) is 0.227. The number of nitrogens with one attached hydrogen (secondary N) is 2. The monoisotopic (exact) mass is 427 g/mol. The normalized spacial score (nSPS) is 11.4. The molecule has 0 spiro atoms. The van der Waals surface area contributed by atoms with Gasteiger partial charge in [-0.1, -0.05) is 24.3 Å². The van der Waals surface area contributed by atoms with E-state index in [0.717, 1.165) is 16.0 Å². The number of amides is 1. The Kier molecular flexibility index (Phi) is 6.91. The lowest BCUT2D eigenvalue weighted by Crippen LogP contribution is -2.18. The van der Waals surface area contributed by atoms with Crippen LogP contribution in [0.3, 0.4) is 0 Å². The average Bonchev–Trinajstić information content (AvgIpc) is 3.21. The minimum atomic E-state index is -1.99. The van der Waals surface area contributed by atoms with E-state index in [2.05, 4.69) is 10.6 Å². The molecular formula is C22H26N3O2PS. The van der Waals surface area contributed by atoms with Crippen molar-refractivity contribution in [2.24, 2.45) is 0 Å². The summed E-state index contributed by atoms with van der Waals surface area (Å²) in [6.45, 7) is 4.99. The van der Waals surface area contributed by atoms with E-state index in [0.29, 0.717) is 36.2 Å².